The first kappa shape index (κ1) is 22.0. The van der Waals surface area contributed by atoms with E-state index in [2.05, 4.69) is 26.3 Å². The lowest BCUT2D eigenvalue weighted by Gasteiger charge is -2.36. The highest BCUT2D eigenvalue weighted by Gasteiger charge is 2.29. The molecule has 0 saturated carbocycles. The van der Waals surface area contributed by atoms with Gasteiger partial charge in [-0.3, -0.25) is 9.78 Å². The molecule has 2 aromatic heterocycles. The number of rotatable bonds is 7. The predicted octanol–water partition coefficient (Wildman–Crippen LogP) is 2.76. The van der Waals surface area contributed by atoms with Gasteiger partial charge in [-0.2, -0.15) is 0 Å². The molecule has 0 spiro atoms. The molecule has 0 radical (unpaired) electrons. The molecule has 4 rings (SSSR count). The second kappa shape index (κ2) is 9.91. The SMILES string of the molecule is COc1cccc(-n2nnc(C(=O)N(C)C3CCN(CCc4ccccn4)CC3)c2C)c1. The topological polar surface area (TPSA) is 76.4 Å². The Morgan fingerprint density at radius 3 is 2.72 bits per heavy atom. The zero-order chi connectivity index (χ0) is 22.5. The van der Waals surface area contributed by atoms with Gasteiger partial charge in [0.2, 0.25) is 0 Å². The molecule has 0 aliphatic carbocycles. The second-order valence-corrected chi connectivity index (χ2v) is 8.20. The van der Waals surface area contributed by atoms with Gasteiger partial charge in [0.05, 0.1) is 18.5 Å². The number of carbonyl (C=O) groups excluding carboxylic acids is 1. The number of nitrogens with zero attached hydrogens (tertiary/aromatic N) is 6. The summed E-state index contributed by atoms with van der Waals surface area (Å²) in [7, 11) is 3.50. The van der Waals surface area contributed by atoms with Crippen LogP contribution in [-0.2, 0) is 6.42 Å². The minimum Gasteiger partial charge on any atom is -0.497 e. The minimum absolute atomic E-state index is 0.0800. The number of piperidine rings is 1. The van der Waals surface area contributed by atoms with Gasteiger partial charge in [-0.05, 0) is 44.0 Å². The molecule has 3 heterocycles. The fourth-order valence-corrected chi connectivity index (χ4v) is 4.20. The Kier molecular flexibility index (Phi) is 6.80. The summed E-state index contributed by atoms with van der Waals surface area (Å²) in [6.07, 6.45) is 4.70. The molecule has 1 saturated heterocycles. The third kappa shape index (κ3) is 4.80. The maximum Gasteiger partial charge on any atom is 0.276 e. The second-order valence-electron chi connectivity index (χ2n) is 8.20. The normalized spacial score (nSPS) is 15.0. The van der Waals surface area contributed by atoms with E-state index in [1.54, 1.807) is 11.8 Å². The number of methoxy groups -OCH3 is 1. The van der Waals surface area contributed by atoms with Gasteiger partial charge in [0.1, 0.15) is 5.75 Å². The van der Waals surface area contributed by atoms with Crippen molar-refractivity contribution >= 4 is 5.91 Å². The lowest BCUT2D eigenvalue weighted by atomic mass is 10.0. The summed E-state index contributed by atoms with van der Waals surface area (Å²) in [6.45, 7) is 4.82. The number of ether oxygens (including phenoxy) is 1. The van der Waals surface area contributed by atoms with Gasteiger partial charge in [0.15, 0.2) is 5.69 Å². The Morgan fingerprint density at radius 2 is 2.00 bits per heavy atom. The van der Waals surface area contributed by atoms with Crippen molar-refractivity contribution in [2.45, 2.75) is 32.2 Å². The average molecular weight is 435 g/mol. The summed E-state index contributed by atoms with van der Waals surface area (Å²) in [5.74, 6) is 0.654. The van der Waals surface area contributed by atoms with Gasteiger partial charge in [-0.1, -0.05) is 17.3 Å². The van der Waals surface area contributed by atoms with Crippen LogP contribution in [-0.4, -0.2) is 75.5 Å². The number of amides is 1. The van der Waals surface area contributed by atoms with Crippen molar-refractivity contribution in [2.24, 2.45) is 0 Å². The van der Waals surface area contributed by atoms with Gasteiger partial charge < -0.3 is 14.5 Å². The first-order chi connectivity index (χ1) is 15.6. The molecule has 0 unspecified atom stereocenters. The Balaban J connectivity index is 1.35. The number of carbonyl (C=O) groups is 1. The molecule has 0 atom stereocenters. The van der Waals surface area contributed by atoms with Gasteiger partial charge in [0, 0.05) is 57.1 Å². The van der Waals surface area contributed by atoms with Crippen LogP contribution < -0.4 is 4.74 Å². The van der Waals surface area contributed by atoms with Gasteiger partial charge in [-0.15, -0.1) is 5.10 Å². The average Bonchev–Trinajstić information content (AvgIpc) is 3.24. The molecule has 1 aliphatic heterocycles. The number of hydrogen-bond acceptors (Lipinski definition) is 6. The van der Waals surface area contributed by atoms with E-state index in [1.165, 1.54) is 0 Å². The zero-order valence-corrected chi connectivity index (χ0v) is 18.9. The van der Waals surface area contributed by atoms with Crippen LogP contribution in [0.1, 0.15) is 34.7 Å². The predicted molar refractivity (Wildman–Crippen MR) is 122 cm³/mol. The molecule has 1 amide bonds. The molecule has 8 nitrogen and oxygen atoms in total. The highest BCUT2D eigenvalue weighted by atomic mass is 16.5. The Bertz CT molecular complexity index is 1040. The fourth-order valence-electron chi connectivity index (χ4n) is 4.20. The minimum atomic E-state index is -0.0800. The quantitative estimate of drug-likeness (QED) is 0.569. The smallest absolute Gasteiger partial charge is 0.276 e. The van der Waals surface area contributed by atoms with E-state index < -0.39 is 0 Å². The van der Waals surface area contributed by atoms with Crippen LogP contribution in [0.25, 0.3) is 5.69 Å². The maximum atomic E-state index is 13.2. The molecule has 0 bridgehead atoms. The van der Waals surface area contributed by atoms with Crippen LogP contribution in [0, 0.1) is 6.92 Å². The summed E-state index contributed by atoms with van der Waals surface area (Å²) < 4.78 is 6.98. The lowest BCUT2D eigenvalue weighted by molar-refractivity contribution is 0.0637. The summed E-state index contributed by atoms with van der Waals surface area (Å²) >= 11 is 0. The first-order valence-corrected chi connectivity index (χ1v) is 11.0. The number of hydrogen-bond donors (Lipinski definition) is 0. The summed E-state index contributed by atoms with van der Waals surface area (Å²) in [5, 5.41) is 8.43. The molecule has 0 N–H and O–H groups in total. The van der Waals surface area contributed by atoms with E-state index in [9.17, 15) is 4.79 Å². The standard InChI is InChI=1S/C24H30N6O2/c1-18-23(26-27-30(18)21-8-6-9-22(17-21)32-3)24(31)28(2)20-11-15-29(16-12-20)14-10-19-7-4-5-13-25-19/h4-9,13,17,20H,10-12,14-16H2,1-3H3. The summed E-state index contributed by atoms with van der Waals surface area (Å²) in [5.41, 5.74) is 3.06. The molecular formula is C24H30N6O2. The van der Waals surface area contributed by atoms with Crippen molar-refractivity contribution in [1.29, 1.82) is 0 Å². The monoisotopic (exact) mass is 434 g/mol. The Hall–Kier alpha value is -3.26. The van der Waals surface area contributed by atoms with Crippen LogP contribution in [0.15, 0.2) is 48.7 Å². The van der Waals surface area contributed by atoms with E-state index in [-0.39, 0.29) is 11.9 Å². The molecule has 1 fully saturated rings. The van der Waals surface area contributed by atoms with Crippen LogP contribution in [0.3, 0.4) is 0 Å². The molecule has 168 valence electrons. The molecule has 8 heteroatoms. The lowest BCUT2D eigenvalue weighted by Crippen LogP contribution is -2.46. The molecule has 32 heavy (non-hydrogen) atoms. The van der Waals surface area contributed by atoms with E-state index in [4.69, 9.17) is 4.74 Å². The molecule has 1 aromatic carbocycles. The number of benzene rings is 1. The summed E-state index contributed by atoms with van der Waals surface area (Å²) in [4.78, 5) is 21.9. The van der Waals surface area contributed by atoms with E-state index in [1.807, 2.05) is 61.5 Å². The van der Waals surface area contributed by atoms with Crippen LogP contribution >= 0.6 is 0 Å². The van der Waals surface area contributed by atoms with Gasteiger partial charge in [0.25, 0.3) is 5.91 Å². The highest BCUT2D eigenvalue weighted by Crippen LogP contribution is 2.21. The zero-order valence-electron chi connectivity index (χ0n) is 18.9. The summed E-state index contributed by atoms with van der Waals surface area (Å²) in [6, 6.07) is 13.8. The van der Waals surface area contributed by atoms with E-state index in [0.29, 0.717) is 5.69 Å². The maximum absolute atomic E-state index is 13.2. The Labute approximate surface area is 188 Å². The molecule has 1 aliphatic rings. The third-order valence-corrected chi connectivity index (χ3v) is 6.23. The highest BCUT2D eigenvalue weighted by molar-refractivity contribution is 5.93. The van der Waals surface area contributed by atoms with Crippen molar-refractivity contribution in [3.8, 4) is 11.4 Å². The van der Waals surface area contributed by atoms with Crippen molar-refractivity contribution in [3.05, 3.63) is 65.7 Å². The van der Waals surface area contributed by atoms with E-state index in [0.717, 1.165) is 61.7 Å². The fraction of sp³-hybridized carbons (Fsp3) is 0.417. The van der Waals surface area contributed by atoms with Crippen LogP contribution in [0.4, 0.5) is 0 Å². The van der Waals surface area contributed by atoms with Gasteiger partial charge >= 0.3 is 0 Å². The number of likely N-dealkylation sites (tertiary alicyclic amines) is 1. The number of aromatic nitrogens is 4. The Morgan fingerprint density at radius 1 is 1.19 bits per heavy atom. The van der Waals surface area contributed by atoms with Crippen LogP contribution in [0.2, 0.25) is 0 Å². The van der Waals surface area contributed by atoms with Crippen molar-refractivity contribution in [3.63, 3.8) is 0 Å². The molecule has 3 aromatic rings. The number of pyridine rings is 1. The van der Waals surface area contributed by atoms with Gasteiger partial charge in [-0.25, -0.2) is 4.68 Å². The van der Waals surface area contributed by atoms with E-state index >= 15 is 0 Å². The molecular weight excluding hydrogens is 404 g/mol. The van der Waals surface area contributed by atoms with Crippen LogP contribution in [0.5, 0.6) is 5.75 Å². The van der Waals surface area contributed by atoms with Crippen molar-refractivity contribution in [2.75, 3.05) is 33.8 Å². The first-order valence-electron chi connectivity index (χ1n) is 11.0. The third-order valence-electron chi connectivity index (χ3n) is 6.23. The van der Waals surface area contributed by atoms with Crippen molar-refractivity contribution < 1.29 is 9.53 Å². The van der Waals surface area contributed by atoms with Crippen molar-refractivity contribution in [1.82, 2.24) is 29.8 Å². The largest absolute Gasteiger partial charge is 0.497 e.